The minimum absolute atomic E-state index is 0.0700. The van der Waals surface area contributed by atoms with Crippen molar-refractivity contribution in [3.8, 4) is 5.88 Å². The van der Waals surface area contributed by atoms with Crippen LogP contribution in [-0.2, 0) is 6.42 Å². The molecule has 1 fully saturated rings. The topological polar surface area (TPSA) is 47.0 Å². The molecule has 1 saturated heterocycles. The fourth-order valence-corrected chi connectivity index (χ4v) is 1.81. The van der Waals surface area contributed by atoms with Gasteiger partial charge >= 0.3 is 0 Å². The monoisotopic (exact) mass is 225 g/mol. The Morgan fingerprint density at radius 2 is 2.44 bits per heavy atom. The Balaban J connectivity index is 1.97. The second-order valence-corrected chi connectivity index (χ2v) is 3.90. The van der Waals surface area contributed by atoms with Crippen LogP contribution < -0.4 is 10.1 Å². The molecule has 0 aromatic carbocycles. The van der Waals surface area contributed by atoms with E-state index in [0.717, 1.165) is 19.4 Å². The number of ether oxygens (including phenoxy) is 1. The summed E-state index contributed by atoms with van der Waals surface area (Å²) in [6.07, 6.45) is 4.12. The number of aryl methyl sites for hydroxylation is 1. The predicted octanol–water partition coefficient (Wildman–Crippen LogP) is 1.31. The van der Waals surface area contributed by atoms with Crippen LogP contribution in [-0.4, -0.2) is 29.2 Å². The lowest BCUT2D eigenvalue weighted by atomic mass is 10.2. The van der Waals surface area contributed by atoms with Crippen LogP contribution in [0.2, 0.25) is 0 Å². The quantitative estimate of drug-likeness (QED) is 0.839. The molecule has 4 nitrogen and oxygen atoms in total. The van der Waals surface area contributed by atoms with Crippen molar-refractivity contribution in [1.82, 2.24) is 15.3 Å². The Morgan fingerprint density at radius 3 is 3.12 bits per heavy atom. The SMILES string of the molecule is CCc1ncnc(OCC2CCCN2)c1F. The molecule has 5 heteroatoms. The van der Waals surface area contributed by atoms with Gasteiger partial charge in [0.2, 0.25) is 5.82 Å². The average Bonchev–Trinajstić information content (AvgIpc) is 2.81. The Kier molecular flexibility index (Phi) is 3.66. The summed E-state index contributed by atoms with van der Waals surface area (Å²) >= 11 is 0. The summed E-state index contributed by atoms with van der Waals surface area (Å²) in [6, 6.07) is 0.319. The Morgan fingerprint density at radius 1 is 1.56 bits per heavy atom. The van der Waals surface area contributed by atoms with E-state index in [1.54, 1.807) is 0 Å². The largest absolute Gasteiger partial charge is 0.474 e. The van der Waals surface area contributed by atoms with Crippen molar-refractivity contribution in [3.05, 3.63) is 17.8 Å². The highest BCUT2D eigenvalue weighted by atomic mass is 19.1. The second-order valence-electron chi connectivity index (χ2n) is 3.90. The van der Waals surface area contributed by atoms with Gasteiger partial charge in [-0.1, -0.05) is 6.92 Å². The molecule has 88 valence electrons. The molecule has 1 unspecified atom stereocenters. The van der Waals surface area contributed by atoms with Gasteiger partial charge in [0.05, 0.1) is 5.69 Å². The maximum absolute atomic E-state index is 13.7. The third kappa shape index (κ3) is 2.47. The van der Waals surface area contributed by atoms with E-state index < -0.39 is 5.82 Å². The highest BCUT2D eigenvalue weighted by Gasteiger charge is 2.17. The number of hydrogen-bond acceptors (Lipinski definition) is 4. The number of nitrogens with one attached hydrogen (secondary N) is 1. The van der Waals surface area contributed by atoms with Gasteiger partial charge < -0.3 is 10.1 Å². The van der Waals surface area contributed by atoms with Crippen LogP contribution in [0.25, 0.3) is 0 Å². The molecule has 0 spiro atoms. The third-order valence-corrected chi connectivity index (χ3v) is 2.75. The first-order valence-electron chi connectivity index (χ1n) is 5.66. The number of hydrogen-bond donors (Lipinski definition) is 1. The molecular formula is C11H16FN3O. The first kappa shape index (κ1) is 11.3. The van der Waals surface area contributed by atoms with E-state index in [1.807, 2.05) is 6.92 Å². The highest BCUT2D eigenvalue weighted by molar-refractivity contribution is 5.17. The first-order valence-corrected chi connectivity index (χ1v) is 5.66. The van der Waals surface area contributed by atoms with Crippen molar-refractivity contribution in [2.45, 2.75) is 32.2 Å². The molecule has 1 aliphatic rings. The fraction of sp³-hybridized carbons (Fsp3) is 0.636. The third-order valence-electron chi connectivity index (χ3n) is 2.75. The molecule has 1 atom stereocenters. The molecule has 0 amide bonds. The van der Waals surface area contributed by atoms with Crippen LogP contribution in [0.5, 0.6) is 5.88 Å². The standard InChI is InChI=1S/C11H16FN3O/c1-2-9-10(12)11(15-7-14-9)16-6-8-4-3-5-13-8/h7-8,13H,2-6H2,1H3. The molecule has 2 rings (SSSR count). The Hall–Kier alpha value is -1.23. The molecule has 2 heterocycles. The summed E-state index contributed by atoms with van der Waals surface area (Å²) in [6.45, 7) is 3.34. The minimum atomic E-state index is -0.428. The summed E-state index contributed by atoms with van der Waals surface area (Å²) in [7, 11) is 0. The lowest BCUT2D eigenvalue weighted by Gasteiger charge is -2.12. The molecule has 1 N–H and O–H groups in total. The number of halogens is 1. The fourth-order valence-electron chi connectivity index (χ4n) is 1.81. The van der Waals surface area contributed by atoms with E-state index in [1.165, 1.54) is 6.33 Å². The first-order chi connectivity index (χ1) is 7.81. The summed E-state index contributed by atoms with van der Waals surface area (Å²) < 4.78 is 19.1. The average molecular weight is 225 g/mol. The van der Waals surface area contributed by atoms with Gasteiger partial charge in [0.25, 0.3) is 5.88 Å². The lowest BCUT2D eigenvalue weighted by molar-refractivity contribution is 0.253. The Labute approximate surface area is 94.2 Å². The summed E-state index contributed by atoms with van der Waals surface area (Å²) in [4.78, 5) is 7.67. The van der Waals surface area contributed by atoms with Crippen molar-refractivity contribution in [2.75, 3.05) is 13.2 Å². The molecule has 1 aromatic heterocycles. The van der Waals surface area contributed by atoms with Gasteiger partial charge in [-0.25, -0.2) is 4.98 Å². The molecule has 0 saturated carbocycles. The molecule has 0 radical (unpaired) electrons. The van der Waals surface area contributed by atoms with E-state index in [0.29, 0.717) is 24.8 Å². The molecule has 16 heavy (non-hydrogen) atoms. The van der Waals surface area contributed by atoms with Crippen LogP contribution in [0, 0.1) is 5.82 Å². The van der Waals surface area contributed by atoms with E-state index >= 15 is 0 Å². The maximum Gasteiger partial charge on any atom is 0.253 e. The zero-order chi connectivity index (χ0) is 11.4. The van der Waals surface area contributed by atoms with Crippen LogP contribution in [0.3, 0.4) is 0 Å². The summed E-state index contributed by atoms with van der Waals surface area (Å²) in [5.41, 5.74) is 0.407. The normalized spacial score (nSPS) is 20.0. The molecule has 0 aliphatic carbocycles. The Bertz CT molecular complexity index is 353. The van der Waals surface area contributed by atoms with Gasteiger partial charge in [-0.15, -0.1) is 0 Å². The van der Waals surface area contributed by atoms with Crippen molar-refractivity contribution in [3.63, 3.8) is 0 Å². The lowest BCUT2D eigenvalue weighted by Crippen LogP contribution is -2.28. The van der Waals surface area contributed by atoms with Gasteiger partial charge in [-0.2, -0.15) is 9.37 Å². The summed E-state index contributed by atoms with van der Waals surface area (Å²) in [5.74, 6) is -0.358. The van der Waals surface area contributed by atoms with Gasteiger partial charge in [-0.3, -0.25) is 0 Å². The zero-order valence-corrected chi connectivity index (χ0v) is 9.37. The molecule has 1 aromatic rings. The molecular weight excluding hydrogens is 209 g/mol. The maximum atomic E-state index is 13.7. The minimum Gasteiger partial charge on any atom is -0.474 e. The van der Waals surface area contributed by atoms with Gasteiger partial charge in [-0.05, 0) is 25.8 Å². The van der Waals surface area contributed by atoms with Crippen LogP contribution >= 0.6 is 0 Å². The molecule has 1 aliphatic heterocycles. The van der Waals surface area contributed by atoms with E-state index in [-0.39, 0.29) is 5.88 Å². The van der Waals surface area contributed by atoms with E-state index in [9.17, 15) is 4.39 Å². The second kappa shape index (κ2) is 5.21. The van der Waals surface area contributed by atoms with Crippen molar-refractivity contribution in [2.24, 2.45) is 0 Å². The number of nitrogens with zero attached hydrogens (tertiary/aromatic N) is 2. The van der Waals surface area contributed by atoms with Gasteiger partial charge in [0.1, 0.15) is 12.9 Å². The van der Waals surface area contributed by atoms with E-state index in [4.69, 9.17) is 4.74 Å². The van der Waals surface area contributed by atoms with Crippen molar-refractivity contribution < 1.29 is 9.13 Å². The van der Waals surface area contributed by atoms with E-state index in [2.05, 4.69) is 15.3 Å². The number of aromatic nitrogens is 2. The summed E-state index contributed by atoms with van der Waals surface area (Å²) in [5, 5.41) is 3.28. The van der Waals surface area contributed by atoms with Gasteiger partial charge in [0, 0.05) is 6.04 Å². The van der Waals surface area contributed by atoms with Crippen LogP contribution in [0.1, 0.15) is 25.5 Å². The van der Waals surface area contributed by atoms with Crippen molar-refractivity contribution >= 4 is 0 Å². The predicted molar refractivity (Wildman–Crippen MR) is 57.9 cm³/mol. The van der Waals surface area contributed by atoms with Crippen LogP contribution in [0.15, 0.2) is 6.33 Å². The van der Waals surface area contributed by atoms with Gasteiger partial charge in [0.15, 0.2) is 0 Å². The highest BCUT2D eigenvalue weighted by Crippen LogP contribution is 2.16. The van der Waals surface area contributed by atoms with Crippen molar-refractivity contribution in [1.29, 1.82) is 0 Å². The number of rotatable bonds is 4. The smallest absolute Gasteiger partial charge is 0.253 e. The van der Waals surface area contributed by atoms with Crippen LogP contribution in [0.4, 0.5) is 4.39 Å². The zero-order valence-electron chi connectivity index (χ0n) is 9.37. The molecule has 0 bridgehead atoms.